The van der Waals surface area contributed by atoms with Crippen molar-refractivity contribution in [1.29, 1.82) is 0 Å². The van der Waals surface area contributed by atoms with E-state index in [1.807, 2.05) is 0 Å². The van der Waals surface area contributed by atoms with Crippen molar-refractivity contribution >= 4 is 5.91 Å². The molecule has 0 spiro atoms. The van der Waals surface area contributed by atoms with Gasteiger partial charge >= 0.3 is 0 Å². The quantitative estimate of drug-likeness (QED) is 0.759. The molecule has 0 unspecified atom stereocenters. The Morgan fingerprint density at radius 2 is 1.36 bits per heavy atom. The van der Waals surface area contributed by atoms with Gasteiger partial charge in [0.2, 0.25) is 5.91 Å². The molecule has 0 radical (unpaired) electrons. The van der Waals surface area contributed by atoms with Crippen LogP contribution < -0.4 is 0 Å². The van der Waals surface area contributed by atoms with Crippen LogP contribution in [0, 0.1) is 5.92 Å². The zero-order chi connectivity index (χ0) is 15.9. The predicted molar refractivity (Wildman–Crippen MR) is 88.8 cm³/mol. The first kappa shape index (κ1) is 16.2. The maximum Gasteiger partial charge on any atom is 0.228 e. The monoisotopic (exact) mass is 308 g/mol. The number of piperazine rings is 1. The largest absolute Gasteiger partial charge is 0.340 e. The molecular weight excluding hydrogens is 276 g/mol. The molecule has 1 amide bonds. The molecule has 3 heterocycles. The summed E-state index contributed by atoms with van der Waals surface area (Å²) in [6.07, 6.45) is 0. The molecule has 0 N–H and O–H groups in total. The second-order valence-corrected chi connectivity index (χ2v) is 7.81. The SMILES string of the molecule is CC(C)N1CCN(C(=O)C2CN(C3CN(C(C)C)C3)C2)CC1. The van der Waals surface area contributed by atoms with Crippen LogP contribution in [0.2, 0.25) is 0 Å². The minimum absolute atomic E-state index is 0.263. The van der Waals surface area contributed by atoms with Crippen LogP contribution in [0.15, 0.2) is 0 Å². The van der Waals surface area contributed by atoms with Crippen LogP contribution in [0.5, 0.6) is 0 Å². The third-order valence-corrected chi connectivity index (χ3v) is 5.75. The summed E-state index contributed by atoms with van der Waals surface area (Å²) in [5.74, 6) is 0.665. The Bertz CT molecular complexity index is 391. The van der Waals surface area contributed by atoms with Gasteiger partial charge in [0.15, 0.2) is 0 Å². The van der Waals surface area contributed by atoms with Crippen molar-refractivity contribution in [2.45, 2.75) is 45.8 Å². The number of likely N-dealkylation sites (tertiary alicyclic amines) is 2. The van der Waals surface area contributed by atoms with Crippen LogP contribution in [0.4, 0.5) is 0 Å². The van der Waals surface area contributed by atoms with Gasteiger partial charge in [-0.25, -0.2) is 0 Å². The lowest BCUT2D eigenvalue weighted by molar-refractivity contribution is -0.146. The van der Waals surface area contributed by atoms with E-state index in [9.17, 15) is 4.79 Å². The zero-order valence-electron chi connectivity index (χ0n) is 14.7. The molecule has 3 rings (SSSR count). The summed E-state index contributed by atoms with van der Waals surface area (Å²) in [6.45, 7) is 17.2. The first-order valence-corrected chi connectivity index (χ1v) is 8.96. The van der Waals surface area contributed by atoms with Crippen LogP contribution in [0.3, 0.4) is 0 Å². The van der Waals surface area contributed by atoms with Crippen LogP contribution in [-0.2, 0) is 4.79 Å². The van der Waals surface area contributed by atoms with E-state index in [0.717, 1.165) is 39.3 Å². The summed E-state index contributed by atoms with van der Waals surface area (Å²) in [5, 5.41) is 0. The van der Waals surface area contributed by atoms with Gasteiger partial charge in [0.1, 0.15) is 0 Å². The second-order valence-electron chi connectivity index (χ2n) is 7.81. The maximum absolute atomic E-state index is 12.6. The summed E-state index contributed by atoms with van der Waals surface area (Å²) >= 11 is 0. The van der Waals surface area contributed by atoms with Crippen molar-refractivity contribution in [3.63, 3.8) is 0 Å². The van der Waals surface area contributed by atoms with E-state index in [0.29, 0.717) is 24.0 Å². The summed E-state index contributed by atoms with van der Waals surface area (Å²) in [4.78, 5) is 22.1. The lowest BCUT2D eigenvalue weighted by Gasteiger charge is -2.53. The van der Waals surface area contributed by atoms with E-state index in [2.05, 4.69) is 47.3 Å². The highest BCUT2D eigenvalue weighted by Gasteiger charge is 2.43. The lowest BCUT2D eigenvalue weighted by Crippen LogP contribution is -2.68. The fraction of sp³-hybridized carbons (Fsp3) is 0.941. The van der Waals surface area contributed by atoms with Crippen molar-refractivity contribution < 1.29 is 4.79 Å². The Labute approximate surface area is 135 Å². The number of carbonyl (C=O) groups excluding carboxylic acids is 1. The molecule has 22 heavy (non-hydrogen) atoms. The molecule has 0 bridgehead atoms. The molecule has 0 aliphatic carbocycles. The average molecular weight is 308 g/mol. The highest BCUT2D eigenvalue weighted by Crippen LogP contribution is 2.27. The molecule has 0 aromatic rings. The lowest BCUT2D eigenvalue weighted by atomic mass is 9.92. The fourth-order valence-electron chi connectivity index (χ4n) is 3.82. The number of carbonyl (C=O) groups is 1. The number of hydrogen-bond donors (Lipinski definition) is 0. The van der Waals surface area contributed by atoms with E-state index in [-0.39, 0.29) is 5.92 Å². The number of rotatable bonds is 4. The normalized spacial score (nSPS) is 26.5. The topological polar surface area (TPSA) is 30.0 Å². The number of amides is 1. The molecule has 0 aromatic heterocycles. The molecule has 5 heteroatoms. The van der Waals surface area contributed by atoms with Crippen LogP contribution >= 0.6 is 0 Å². The summed E-state index contributed by atoms with van der Waals surface area (Å²) in [6, 6.07) is 1.95. The summed E-state index contributed by atoms with van der Waals surface area (Å²) in [5.41, 5.74) is 0. The van der Waals surface area contributed by atoms with Crippen molar-refractivity contribution in [2.24, 2.45) is 5.92 Å². The van der Waals surface area contributed by atoms with Crippen molar-refractivity contribution in [3.05, 3.63) is 0 Å². The smallest absolute Gasteiger partial charge is 0.228 e. The molecule has 3 aliphatic rings. The predicted octanol–water partition coefficient (Wildman–Crippen LogP) is 0.563. The molecular formula is C17H32N4O. The Kier molecular flexibility index (Phi) is 4.76. The van der Waals surface area contributed by atoms with Gasteiger partial charge in [0.05, 0.1) is 5.92 Å². The maximum atomic E-state index is 12.6. The highest BCUT2D eigenvalue weighted by molar-refractivity contribution is 5.80. The molecule has 0 saturated carbocycles. The van der Waals surface area contributed by atoms with E-state index in [4.69, 9.17) is 0 Å². The van der Waals surface area contributed by atoms with Crippen LogP contribution in [0.25, 0.3) is 0 Å². The molecule has 3 fully saturated rings. The van der Waals surface area contributed by atoms with Gasteiger partial charge in [-0.05, 0) is 27.7 Å². The molecule has 3 saturated heterocycles. The van der Waals surface area contributed by atoms with E-state index < -0.39 is 0 Å². The highest BCUT2D eigenvalue weighted by atomic mass is 16.2. The van der Waals surface area contributed by atoms with Crippen LogP contribution in [0.1, 0.15) is 27.7 Å². The second kappa shape index (κ2) is 6.46. The van der Waals surface area contributed by atoms with Gasteiger partial charge in [0.25, 0.3) is 0 Å². The van der Waals surface area contributed by atoms with E-state index in [1.165, 1.54) is 13.1 Å². The fourth-order valence-corrected chi connectivity index (χ4v) is 3.82. The Morgan fingerprint density at radius 3 is 1.86 bits per heavy atom. The van der Waals surface area contributed by atoms with Gasteiger partial charge in [-0.2, -0.15) is 0 Å². The number of nitrogens with zero attached hydrogens (tertiary/aromatic N) is 4. The van der Waals surface area contributed by atoms with Crippen LogP contribution in [-0.4, -0.2) is 96.0 Å². The minimum Gasteiger partial charge on any atom is -0.340 e. The van der Waals surface area contributed by atoms with Gasteiger partial charge in [0, 0.05) is 70.5 Å². The van der Waals surface area contributed by atoms with Gasteiger partial charge < -0.3 is 4.90 Å². The van der Waals surface area contributed by atoms with Crippen molar-refractivity contribution in [3.8, 4) is 0 Å². The Balaban J connectivity index is 1.38. The average Bonchev–Trinajstić information content (AvgIpc) is 2.38. The summed E-state index contributed by atoms with van der Waals surface area (Å²) < 4.78 is 0. The third-order valence-electron chi connectivity index (χ3n) is 5.75. The Morgan fingerprint density at radius 1 is 0.818 bits per heavy atom. The molecule has 126 valence electrons. The Hall–Kier alpha value is -0.650. The summed E-state index contributed by atoms with van der Waals surface area (Å²) in [7, 11) is 0. The van der Waals surface area contributed by atoms with E-state index in [1.54, 1.807) is 0 Å². The zero-order valence-corrected chi connectivity index (χ0v) is 14.7. The van der Waals surface area contributed by atoms with Gasteiger partial charge in [-0.1, -0.05) is 0 Å². The van der Waals surface area contributed by atoms with Gasteiger partial charge in [-0.15, -0.1) is 0 Å². The van der Waals surface area contributed by atoms with E-state index >= 15 is 0 Å². The molecule has 0 aromatic carbocycles. The first-order valence-electron chi connectivity index (χ1n) is 8.96. The standard InChI is InChI=1S/C17H32N4O/c1-13(2)18-5-7-19(8-6-18)17(22)15-9-21(10-15)16-11-20(12-16)14(3)4/h13-16H,5-12H2,1-4H3. The third kappa shape index (κ3) is 3.17. The molecule has 0 atom stereocenters. The van der Waals surface area contributed by atoms with Crippen molar-refractivity contribution in [1.82, 2.24) is 19.6 Å². The first-order chi connectivity index (χ1) is 10.5. The molecule has 3 aliphatic heterocycles. The van der Waals surface area contributed by atoms with Crippen molar-refractivity contribution in [2.75, 3.05) is 52.4 Å². The molecule has 5 nitrogen and oxygen atoms in total. The number of hydrogen-bond acceptors (Lipinski definition) is 4. The minimum atomic E-state index is 0.263. The van der Waals surface area contributed by atoms with Gasteiger partial charge in [-0.3, -0.25) is 19.5 Å².